The molecule has 1 unspecified atom stereocenters. The predicted molar refractivity (Wildman–Crippen MR) is 77.5 cm³/mol. The van der Waals surface area contributed by atoms with Crippen LogP contribution in [0.25, 0.3) is 0 Å². The highest BCUT2D eigenvalue weighted by Crippen LogP contribution is 2.31. The maximum Gasteiger partial charge on any atom is 0.142 e. The SMILES string of the molecule is O=C(CCc1ccncc1)C1CCCc2cccnc21. The van der Waals surface area contributed by atoms with Gasteiger partial charge in [0.25, 0.3) is 0 Å². The third kappa shape index (κ3) is 2.77. The van der Waals surface area contributed by atoms with E-state index in [9.17, 15) is 4.79 Å². The first-order valence-electron chi connectivity index (χ1n) is 7.20. The average Bonchev–Trinajstić information content (AvgIpc) is 2.53. The molecule has 0 bridgehead atoms. The van der Waals surface area contributed by atoms with Gasteiger partial charge in [-0.1, -0.05) is 6.07 Å². The number of hydrogen-bond acceptors (Lipinski definition) is 3. The fourth-order valence-corrected chi connectivity index (χ4v) is 2.91. The molecule has 2 aromatic rings. The highest BCUT2D eigenvalue weighted by molar-refractivity contribution is 5.86. The van der Waals surface area contributed by atoms with E-state index in [1.165, 1.54) is 11.1 Å². The Balaban J connectivity index is 1.69. The lowest BCUT2D eigenvalue weighted by Gasteiger charge is -2.23. The van der Waals surface area contributed by atoms with Crippen molar-refractivity contribution >= 4 is 5.78 Å². The summed E-state index contributed by atoms with van der Waals surface area (Å²) < 4.78 is 0. The minimum atomic E-state index is 0.00165. The maximum absolute atomic E-state index is 12.5. The van der Waals surface area contributed by atoms with Crippen LogP contribution in [0.5, 0.6) is 0 Å². The topological polar surface area (TPSA) is 42.9 Å². The third-order valence-corrected chi connectivity index (χ3v) is 3.99. The van der Waals surface area contributed by atoms with Gasteiger partial charge in [0.1, 0.15) is 5.78 Å². The van der Waals surface area contributed by atoms with Crippen molar-refractivity contribution in [3.63, 3.8) is 0 Å². The first kappa shape index (κ1) is 13.0. The second kappa shape index (κ2) is 5.95. The Hall–Kier alpha value is -2.03. The minimum absolute atomic E-state index is 0.00165. The Bertz CT molecular complexity index is 595. The van der Waals surface area contributed by atoms with Crippen molar-refractivity contribution in [3.8, 4) is 0 Å². The molecule has 0 spiro atoms. The summed E-state index contributed by atoms with van der Waals surface area (Å²) >= 11 is 0. The number of nitrogens with zero attached hydrogens (tertiary/aromatic N) is 2. The Morgan fingerprint density at radius 3 is 2.90 bits per heavy atom. The highest BCUT2D eigenvalue weighted by atomic mass is 16.1. The molecule has 20 heavy (non-hydrogen) atoms. The number of hydrogen-bond donors (Lipinski definition) is 0. The zero-order valence-corrected chi connectivity index (χ0v) is 11.5. The molecular weight excluding hydrogens is 248 g/mol. The lowest BCUT2D eigenvalue weighted by molar-refractivity contribution is -0.120. The van der Waals surface area contributed by atoms with Gasteiger partial charge in [0.2, 0.25) is 0 Å². The van der Waals surface area contributed by atoms with Gasteiger partial charge in [-0.15, -0.1) is 0 Å². The van der Waals surface area contributed by atoms with Crippen molar-refractivity contribution in [1.82, 2.24) is 9.97 Å². The van der Waals surface area contributed by atoms with Crippen LogP contribution >= 0.6 is 0 Å². The number of aromatic nitrogens is 2. The van der Waals surface area contributed by atoms with Crippen LogP contribution < -0.4 is 0 Å². The molecule has 0 fully saturated rings. The first-order chi connectivity index (χ1) is 9.84. The van der Waals surface area contributed by atoms with E-state index < -0.39 is 0 Å². The van der Waals surface area contributed by atoms with Gasteiger partial charge in [-0.05, 0) is 55.0 Å². The lowest BCUT2D eigenvalue weighted by Crippen LogP contribution is -2.20. The molecule has 0 aliphatic heterocycles. The van der Waals surface area contributed by atoms with Crippen molar-refractivity contribution in [2.24, 2.45) is 0 Å². The van der Waals surface area contributed by atoms with Gasteiger partial charge < -0.3 is 0 Å². The highest BCUT2D eigenvalue weighted by Gasteiger charge is 2.26. The molecule has 0 saturated heterocycles. The summed E-state index contributed by atoms with van der Waals surface area (Å²) in [5.41, 5.74) is 3.44. The quantitative estimate of drug-likeness (QED) is 0.854. The molecule has 1 aliphatic rings. The Labute approximate surface area is 119 Å². The van der Waals surface area contributed by atoms with Gasteiger partial charge >= 0.3 is 0 Å². The molecule has 0 radical (unpaired) electrons. The lowest BCUT2D eigenvalue weighted by atomic mass is 9.82. The van der Waals surface area contributed by atoms with Gasteiger partial charge in [0.05, 0.1) is 11.6 Å². The molecule has 102 valence electrons. The normalized spacial score (nSPS) is 17.5. The molecule has 0 N–H and O–H groups in total. The molecule has 3 nitrogen and oxygen atoms in total. The van der Waals surface area contributed by atoms with Crippen LogP contribution in [0, 0.1) is 0 Å². The summed E-state index contributed by atoms with van der Waals surface area (Å²) in [6.07, 6.45) is 9.81. The number of carbonyl (C=O) groups excluding carboxylic acids is 1. The third-order valence-electron chi connectivity index (χ3n) is 3.99. The van der Waals surface area contributed by atoms with Crippen LogP contribution in [-0.4, -0.2) is 15.8 Å². The van der Waals surface area contributed by atoms with Crippen molar-refractivity contribution < 1.29 is 4.79 Å². The van der Waals surface area contributed by atoms with Crippen LogP contribution in [-0.2, 0) is 17.6 Å². The van der Waals surface area contributed by atoms with Gasteiger partial charge in [0, 0.05) is 25.0 Å². The van der Waals surface area contributed by atoms with E-state index in [1.807, 2.05) is 18.2 Å². The molecule has 3 heteroatoms. The second-order valence-electron chi connectivity index (χ2n) is 5.31. The number of Topliss-reactive ketones (excluding diaryl/α,β-unsaturated/α-hetero) is 1. The number of rotatable bonds is 4. The summed E-state index contributed by atoms with van der Waals surface area (Å²) in [4.78, 5) is 20.9. The fourth-order valence-electron chi connectivity index (χ4n) is 2.91. The Morgan fingerprint density at radius 2 is 2.05 bits per heavy atom. The Morgan fingerprint density at radius 1 is 1.20 bits per heavy atom. The van der Waals surface area contributed by atoms with E-state index in [0.717, 1.165) is 31.4 Å². The monoisotopic (exact) mass is 266 g/mol. The zero-order chi connectivity index (χ0) is 13.8. The molecule has 1 atom stereocenters. The second-order valence-corrected chi connectivity index (χ2v) is 5.31. The number of aryl methyl sites for hydroxylation is 2. The van der Waals surface area contributed by atoms with Gasteiger partial charge in [-0.3, -0.25) is 14.8 Å². The largest absolute Gasteiger partial charge is 0.299 e. The van der Waals surface area contributed by atoms with Crippen molar-refractivity contribution in [2.75, 3.05) is 0 Å². The van der Waals surface area contributed by atoms with Gasteiger partial charge in [0.15, 0.2) is 0 Å². The number of pyridine rings is 2. The molecule has 2 heterocycles. The molecule has 2 aromatic heterocycles. The molecule has 0 aromatic carbocycles. The molecule has 0 saturated carbocycles. The van der Waals surface area contributed by atoms with Crippen LogP contribution in [0.2, 0.25) is 0 Å². The van der Waals surface area contributed by atoms with E-state index in [-0.39, 0.29) is 5.92 Å². The predicted octanol–water partition coefficient (Wildman–Crippen LogP) is 3.10. The summed E-state index contributed by atoms with van der Waals surface area (Å²) in [6, 6.07) is 8.01. The van der Waals surface area contributed by atoms with Crippen LogP contribution in [0.4, 0.5) is 0 Å². The molecule has 1 aliphatic carbocycles. The summed E-state index contributed by atoms with van der Waals surface area (Å²) in [6.45, 7) is 0. The van der Waals surface area contributed by atoms with Crippen molar-refractivity contribution in [1.29, 1.82) is 0 Å². The van der Waals surface area contributed by atoms with E-state index in [2.05, 4.69) is 16.0 Å². The maximum atomic E-state index is 12.5. The summed E-state index contributed by atoms with van der Waals surface area (Å²) in [5, 5.41) is 0. The summed E-state index contributed by atoms with van der Waals surface area (Å²) in [7, 11) is 0. The van der Waals surface area contributed by atoms with Crippen LogP contribution in [0.3, 0.4) is 0 Å². The first-order valence-corrected chi connectivity index (χ1v) is 7.20. The van der Waals surface area contributed by atoms with E-state index in [4.69, 9.17) is 0 Å². The fraction of sp³-hybridized carbons (Fsp3) is 0.353. The standard InChI is InChI=1S/C17H18N2O/c20-16(7-6-13-8-11-18-12-9-13)15-5-1-3-14-4-2-10-19-17(14)15/h2,4,8-12,15H,1,3,5-7H2. The molecule has 0 amide bonds. The van der Waals surface area contributed by atoms with Gasteiger partial charge in [-0.2, -0.15) is 0 Å². The van der Waals surface area contributed by atoms with Crippen LogP contribution in [0.15, 0.2) is 42.9 Å². The molecule has 3 rings (SSSR count). The van der Waals surface area contributed by atoms with Crippen molar-refractivity contribution in [2.45, 2.75) is 38.0 Å². The smallest absolute Gasteiger partial charge is 0.142 e. The van der Waals surface area contributed by atoms with E-state index in [0.29, 0.717) is 12.2 Å². The number of fused-ring (bicyclic) bond motifs is 1. The molecular formula is C17H18N2O. The Kier molecular flexibility index (Phi) is 3.86. The minimum Gasteiger partial charge on any atom is -0.299 e. The van der Waals surface area contributed by atoms with Crippen LogP contribution in [0.1, 0.15) is 42.0 Å². The number of ketones is 1. The van der Waals surface area contributed by atoms with Gasteiger partial charge in [-0.25, -0.2) is 0 Å². The summed E-state index contributed by atoms with van der Waals surface area (Å²) in [5.74, 6) is 0.322. The zero-order valence-electron chi connectivity index (χ0n) is 11.5. The van der Waals surface area contributed by atoms with Crippen molar-refractivity contribution in [3.05, 3.63) is 59.7 Å². The van der Waals surface area contributed by atoms with E-state index in [1.54, 1.807) is 18.6 Å². The average molecular weight is 266 g/mol. The number of carbonyl (C=O) groups is 1. The van der Waals surface area contributed by atoms with E-state index >= 15 is 0 Å².